The van der Waals surface area contributed by atoms with Crippen LogP contribution < -0.4 is 0 Å². The molecule has 2 bridgehead atoms. The Hall–Kier alpha value is -1.16. The SMILES string of the molecule is Cc1cc(CC(=O)C2CC3CCC2O3)n(C)n1. The number of Topliss-reactive ketones (excluding diaryl/α,β-unsaturated/α-hetero) is 1. The average Bonchev–Trinajstić information content (AvgIpc) is 2.94. The van der Waals surface area contributed by atoms with E-state index in [4.69, 9.17) is 4.74 Å². The molecule has 3 unspecified atom stereocenters. The van der Waals surface area contributed by atoms with E-state index in [0.717, 1.165) is 30.7 Å². The summed E-state index contributed by atoms with van der Waals surface area (Å²) in [6.07, 6.45) is 4.17. The first kappa shape index (κ1) is 11.0. The number of aryl methyl sites for hydroxylation is 2. The van der Waals surface area contributed by atoms with Gasteiger partial charge in [0.05, 0.1) is 17.9 Å². The lowest BCUT2D eigenvalue weighted by Crippen LogP contribution is -2.27. The van der Waals surface area contributed by atoms with Gasteiger partial charge in [0, 0.05) is 25.1 Å². The van der Waals surface area contributed by atoms with Crippen LogP contribution in [-0.2, 0) is 23.0 Å². The smallest absolute Gasteiger partial charge is 0.144 e. The van der Waals surface area contributed by atoms with E-state index >= 15 is 0 Å². The van der Waals surface area contributed by atoms with E-state index in [2.05, 4.69) is 5.10 Å². The molecule has 0 aromatic carbocycles. The highest BCUT2D eigenvalue weighted by molar-refractivity contribution is 5.84. The molecule has 4 heteroatoms. The van der Waals surface area contributed by atoms with Crippen LogP contribution in [0.15, 0.2) is 6.07 Å². The minimum Gasteiger partial charge on any atom is -0.374 e. The second kappa shape index (κ2) is 3.95. The molecular weight excluding hydrogens is 216 g/mol. The van der Waals surface area contributed by atoms with Gasteiger partial charge in [-0.1, -0.05) is 0 Å². The van der Waals surface area contributed by atoms with Crippen LogP contribution in [0.4, 0.5) is 0 Å². The third-order valence-electron chi connectivity index (χ3n) is 3.97. The van der Waals surface area contributed by atoms with Crippen molar-refractivity contribution in [3.8, 4) is 0 Å². The van der Waals surface area contributed by atoms with Crippen LogP contribution in [0.2, 0.25) is 0 Å². The number of ketones is 1. The minimum absolute atomic E-state index is 0.129. The standard InChI is InChI=1S/C13H18N2O2/c1-8-5-9(15(2)14-8)6-12(16)11-7-10-3-4-13(11)17-10/h5,10-11,13H,3-4,6-7H2,1-2H3. The van der Waals surface area contributed by atoms with Gasteiger partial charge in [-0.2, -0.15) is 5.10 Å². The molecule has 1 aromatic rings. The number of fused-ring (bicyclic) bond motifs is 2. The lowest BCUT2D eigenvalue weighted by atomic mass is 9.85. The molecule has 17 heavy (non-hydrogen) atoms. The summed E-state index contributed by atoms with van der Waals surface area (Å²) < 4.78 is 7.54. The first-order valence-corrected chi connectivity index (χ1v) is 6.31. The Labute approximate surface area is 101 Å². The van der Waals surface area contributed by atoms with Crippen LogP contribution >= 0.6 is 0 Å². The number of nitrogens with zero attached hydrogens (tertiary/aromatic N) is 2. The summed E-state index contributed by atoms with van der Waals surface area (Å²) in [6.45, 7) is 1.95. The molecule has 2 fully saturated rings. The third kappa shape index (κ3) is 1.90. The highest BCUT2D eigenvalue weighted by atomic mass is 16.5. The maximum Gasteiger partial charge on any atom is 0.144 e. The Bertz CT molecular complexity index is 452. The maximum atomic E-state index is 12.2. The zero-order chi connectivity index (χ0) is 12.0. The fourth-order valence-corrected chi connectivity index (χ4v) is 3.12. The van der Waals surface area contributed by atoms with Crippen molar-refractivity contribution in [2.24, 2.45) is 13.0 Å². The van der Waals surface area contributed by atoms with Crippen LogP contribution in [0.3, 0.4) is 0 Å². The van der Waals surface area contributed by atoms with Gasteiger partial charge in [0.15, 0.2) is 0 Å². The summed E-state index contributed by atoms with van der Waals surface area (Å²) in [6, 6.07) is 1.99. The molecule has 92 valence electrons. The molecule has 2 saturated heterocycles. The molecule has 0 aliphatic carbocycles. The summed E-state index contributed by atoms with van der Waals surface area (Å²) in [5, 5.41) is 4.27. The monoisotopic (exact) mass is 234 g/mol. The highest BCUT2D eigenvalue weighted by Gasteiger charge is 2.44. The fraction of sp³-hybridized carbons (Fsp3) is 0.692. The summed E-state index contributed by atoms with van der Waals surface area (Å²) in [7, 11) is 1.90. The van der Waals surface area contributed by atoms with Gasteiger partial charge in [-0.3, -0.25) is 9.48 Å². The van der Waals surface area contributed by atoms with Crippen molar-refractivity contribution in [3.63, 3.8) is 0 Å². The largest absolute Gasteiger partial charge is 0.374 e. The summed E-state index contributed by atoms with van der Waals surface area (Å²) >= 11 is 0. The molecule has 0 radical (unpaired) electrons. The van der Waals surface area contributed by atoms with Gasteiger partial charge in [0.25, 0.3) is 0 Å². The molecule has 0 amide bonds. The zero-order valence-corrected chi connectivity index (χ0v) is 10.3. The number of hydrogen-bond acceptors (Lipinski definition) is 3. The number of hydrogen-bond donors (Lipinski definition) is 0. The predicted octanol–water partition coefficient (Wildman–Crippen LogP) is 1.41. The number of carbonyl (C=O) groups is 1. The first-order chi connectivity index (χ1) is 8.13. The van der Waals surface area contributed by atoms with Gasteiger partial charge in [-0.05, 0) is 32.3 Å². The normalized spacial score (nSPS) is 31.1. The van der Waals surface area contributed by atoms with Crippen LogP contribution in [0.25, 0.3) is 0 Å². The third-order valence-corrected chi connectivity index (χ3v) is 3.97. The lowest BCUT2D eigenvalue weighted by Gasteiger charge is -2.16. The Morgan fingerprint density at radius 1 is 1.59 bits per heavy atom. The van der Waals surface area contributed by atoms with E-state index < -0.39 is 0 Å². The minimum atomic E-state index is 0.129. The molecule has 0 N–H and O–H groups in total. The summed E-state index contributed by atoms with van der Waals surface area (Å²) in [5.74, 6) is 0.448. The zero-order valence-electron chi connectivity index (χ0n) is 10.3. The number of ether oxygens (including phenoxy) is 1. The lowest BCUT2D eigenvalue weighted by molar-refractivity contribution is -0.123. The second-order valence-electron chi connectivity index (χ2n) is 5.26. The van der Waals surface area contributed by atoms with Crippen LogP contribution in [0.5, 0.6) is 0 Å². The Balaban J connectivity index is 1.69. The van der Waals surface area contributed by atoms with E-state index in [-0.39, 0.29) is 12.0 Å². The molecule has 0 saturated carbocycles. The van der Waals surface area contributed by atoms with E-state index in [0.29, 0.717) is 18.3 Å². The topological polar surface area (TPSA) is 44.1 Å². The fourth-order valence-electron chi connectivity index (χ4n) is 3.12. The van der Waals surface area contributed by atoms with E-state index in [9.17, 15) is 4.79 Å². The van der Waals surface area contributed by atoms with E-state index in [1.165, 1.54) is 0 Å². The average molecular weight is 234 g/mol. The first-order valence-electron chi connectivity index (χ1n) is 6.31. The van der Waals surface area contributed by atoms with Crippen molar-refractivity contribution in [3.05, 3.63) is 17.5 Å². The maximum absolute atomic E-state index is 12.2. The van der Waals surface area contributed by atoms with Gasteiger partial charge in [0.2, 0.25) is 0 Å². The van der Waals surface area contributed by atoms with Gasteiger partial charge in [-0.25, -0.2) is 0 Å². The van der Waals surface area contributed by atoms with Crippen LogP contribution in [-0.4, -0.2) is 27.8 Å². The van der Waals surface area contributed by atoms with Crippen LogP contribution in [0.1, 0.15) is 30.7 Å². The second-order valence-corrected chi connectivity index (χ2v) is 5.26. The number of carbonyl (C=O) groups excluding carboxylic acids is 1. The Morgan fingerprint density at radius 2 is 2.41 bits per heavy atom. The molecule has 0 spiro atoms. The van der Waals surface area contributed by atoms with E-state index in [1.54, 1.807) is 4.68 Å². The number of aromatic nitrogens is 2. The Kier molecular flexibility index (Phi) is 2.54. The molecule has 3 heterocycles. The molecule has 3 atom stereocenters. The molecule has 4 nitrogen and oxygen atoms in total. The van der Waals surface area contributed by atoms with Crippen molar-refractivity contribution < 1.29 is 9.53 Å². The quantitative estimate of drug-likeness (QED) is 0.794. The summed E-state index contributed by atoms with van der Waals surface area (Å²) in [5.41, 5.74) is 1.98. The van der Waals surface area contributed by atoms with Crippen molar-refractivity contribution in [2.45, 2.75) is 44.8 Å². The van der Waals surface area contributed by atoms with Gasteiger partial charge in [-0.15, -0.1) is 0 Å². The van der Waals surface area contributed by atoms with Crippen molar-refractivity contribution in [1.29, 1.82) is 0 Å². The predicted molar refractivity (Wildman–Crippen MR) is 62.7 cm³/mol. The van der Waals surface area contributed by atoms with Crippen LogP contribution in [0, 0.1) is 12.8 Å². The van der Waals surface area contributed by atoms with E-state index in [1.807, 2.05) is 20.0 Å². The molecule has 3 rings (SSSR count). The van der Waals surface area contributed by atoms with Crippen molar-refractivity contribution >= 4 is 5.78 Å². The van der Waals surface area contributed by atoms with Gasteiger partial charge < -0.3 is 4.74 Å². The van der Waals surface area contributed by atoms with Gasteiger partial charge in [0.1, 0.15) is 5.78 Å². The number of rotatable bonds is 3. The van der Waals surface area contributed by atoms with Crippen molar-refractivity contribution in [1.82, 2.24) is 9.78 Å². The molecule has 1 aromatic heterocycles. The molecular formula is C13H18N2O2. The van der Waals surface area contributed by atoms with Gasteiger partial charge >= 0.3 is 0 Å². The summed E-state index contributed by atoms with van der Waals surface area (Å²) in [4.78, 5) is 12.2. The highest BCUT2D eigenvalue weighted by Crippen LogP contribution is 2.39. The molecule has 2 aliphatic rings. The van der Waals surface area contributed by atoms with Crippen molar-refractivity contribution in [2.75, 3.05) is 0 Å². The molecule has 2 aliphatic heterocycles. The Morgan fingerprint density at radius 3 is 2.94 bits per heavy atom.